The van der Waals surface area contributed by atoms with Crippen molar-refractivity contribution in [3.8, 4) is 0 Å². The molecule has 0 aliphatic carbocycles. The van der Waals surface area contributed by atoms with E-state index < -0.39 is 5.60 Å². The van der Waals surface area contributed by atoms with Gasteiger partial charge in [-0.25, -0.2) is 0 Å². The number of pyridine rings is 2. The highest BCUT2D eigenvalue weighted by Crippen LogP contribution is 2.30. The molecule has 0 aromatic carbocycles. The second-order valence-corrected chi connectivity index (χ2v) is 6.00. The third kappa shape index (κ3) is 3.53. The lowest BCUT2D eigenvalue weighted by atomic mass is 9.90. The molecule has 0 amide bonds. The van der Waals surface area contributed by atoms with E-state index in [0.717, 1.165) is 11.1 Å². The fraction of sp³-hybridized carbons (Fsp3) is 0.333. The van der Waals surface area contributed by atoms with Gasteiger partial charge in [0.15, 0.2) is 0 Å². The molecule has 1 aliphatic heterocycles. The van der Waals surface area contributed by atoms with Crippen LogP contribution in [0.5, 0.6) is 0 Å². The smallest absolute Gasteiger partial charge is 0.136 e. The van der Waals surface area contributed by atoms with E-state index in [1.807, 2.05) is 25.3 Å². The highest BCUT2D eigenvalue weighted by atomic mass is 127. The van der Waals surface area contributed by atoms with Crippen LogP contribution in [0.25, 0.3) is 0 Å². The molecule has 0 radical (unpaired) electrons. The summed E-state index contributed by atoms with van der Waals surface area (Å²) in [5.74, 6) is 0. The summed E-state index contributed by atoms with van der Waals surface area (Å²) in [6.07, 6.45) is 7.11. The van der Waals surface area contributed by atoms with Crippen molar-refractivity contribution in [2.75, 3.05) is 13.2 Å². The molecule has 20 heavy (non-hydrogen) atoms. The minimum absolute atomic E-state index is 0.401. The van der Waals surface area contributed by atoms with Crippen LogP contribution >= 0.6 is 22.6 Å². The first-order chi connectivity index (χ1) is 9.53. The molecule has 3 heterocycles. The summed E-state index contributed by atoms with van der Waals surface area (Å²) in [6, 6.07) is 3.84. The van der Waals surface area contributed by atoms with Gasteiger partial charge < -0.3 is 9.84 Å². The number of rotatable bonds is 1. The van der Waals surface area contributed by atoms with E-state index in [-0.39, 0.29) is 0 Å². The van der Waals surface area contributed by atoms with Crippen molar-refractivity contribution < 1.29 is 9.84 Å². The van der Waals surface area contributed by atoms with E-state index in [2.05, 4.69) is 39.5 Å². The standard InChI is InChI=1S/C9H11NO2.C6H6IN/c1-7-4-10-3-2-8(7)9(11)5-12-6-9;1-5-4-8-3-2-6(5)7/h2-4,11H,5-6H2,1H3;2-4H,1H3. The first-order valence-electron chi connectivity index (χ1n) is 6.30. The quantitative estimate of drug-likeness (QED) is 0.769. The zero-order valence-electron chi connectivity index (χ0n) is 11.5. The molecule has 1 aliphatic rings. The lowest BCUT2D eigenvalue weighted by Crippen LogP contribution is -2.47. The van der Waals surface area contributed by atoms with E-state index in [0.29, 0.717) is 13.2 Å². The molecule has 2 aromatic heterocycles. The van der Waals surface area contributed by atoms with Crippen LogP contribution in [-0.2, 0) is 10.3 Å². The van der Waals surface area contributed by atoms with Gasteiger partial charge in [0.2, 0.25) is 0 Å². The third-order valence-corrected chi connectivity index (χ3v) is 4.37. The molecule has 4 nitrogen and oxygen atoms in total. The van der Waals surface area contributed by atoms with E-state index in [1.165, 1.54) is 9.13 Å². The molecule has 2 aromatic rings. The number of nitrogens with zero attached hydrogens (tertiary/aromatic N) is 2. The average molecular weight is 384 g/mol. The number of aliphatic hydroxyl groups is 1. The molecule has 0 saturated carbocycles. The van der Waals surface area contributed by atoms with Gasteiger partial charge in [0.1, 0.15) is 5.60 Å². The lowest BCUT2D eigenvalue weighted by Gasteiger charge is -2.37. The molecule has 1 saturated heterocycles. The Kier molecular flexibility index (Phi) is 5.06. The summed E-state index contributed by atoms with van der Waals surface area (Å²) < 4.78 is 6.25. The molecule has 1 N–H and O–H groups in total. The number of hydrogen-bond donors (Lipinski definition) is 1. The highest BCUT2D eigenvalue weighted by molar-refractivity contribution is 14.1. The summed E-state index contributed by atoms with van der Waals surface area (Å²) in [5, 5.41) is 9.91. The van der Waals surface area contributed by atoms with Crippen LogP contribution in [0.3, 0.4) is 0 Å². The lowest BCUT2D eigenvalue weighted by molar-refractivity contribution is -0.185. The molecule has 3 rings (SSSR count). The van der Waals surface area contributed by atoms with E-state index in [9.17, 15) is 5.11 Å². The Morgan fingerprint density at radius 3 is 2.10 bits per heavy atom. The largest absolute Gasteiger partial charge is 0.380 e. The molecule has 106 valence electrons. The molecule has 0 bridgehead atoms. The summed E-state index contributed by atoms with van der Waals surface area (Å²) in [4.78, 5) is 7.91. The maximum atomic E-state index is 9.91. The molecule has 0 spiro atoms. The number of hydrogen-bond acceptors (Lipinski definition) is 4. The molecule has 5 heteroatoms. The normalized spacial score (nSPS) is 15.8. The van der Waals surface area contributed by atoms with Gasteiger partial charge in [0.05, 0.1) is 13.2 Å². The minimum atomic E-state index is -0.757. The molecule has 1 fully saturated rings. The van der Waals surface area contributed by atoms with E-state index in [4.69, 9.17) is 4.74 Å². The van der Waals surface area contributed by atoms with Gasteiger partial charge in [-0.2, -0.15) is 0 Å². The van der Waals surface area contributed by atoms with Crippen molar-refractivity contribution in [2.24, 2.45) is 0 Å². The Balaban J connectivity index is 0.000000160. The maximum Gasteiger partial charge on any atom is 0.136 e. The van der Waals surface area contributed by atoms with Crippen LogP contribution in [0.15, 0.2) is 36.9 Å². The zero-order valence-corrected chi connectivity index (χ0v) is 13.7. The van der Waals surface area contributed by atoms with Crippen LogP contribution in [0.2, 0.25) is 0 Å². The van der Waals surface area contributed by atoms with E-state index >= 15 is 0 Å². The minimum Gasteiger partial charge on any atom is -0.380 e. The van der Waals surface area contributed by atoms with Crippen LogP contribution in [0.1, 0.15) is 16.7 Å². The van der Waals surface area contributed by atoms with Crippen molar-refractivity contribution in [3.05, 3.63) is 57.2 Å². The Labute approximate surface area is 132 Å². The second-order valence-electron chi connectivity index (χ2n) is 4.84. The number of aryl methyl sites for hydroxylation is 2. The molecule has 0 atom stereocenters. The fourth-order valence-electron chi connectivity index (χ4n) is 1.90. The highest BCUT2D eigenvalue weighted by Gasteiger charge is 2.38. The fourth-order valence-corrected chi connectivity index (χ4v) is 2.20. The van der Waals surface area contributed by atoms with Crippen molar-refractivity contribution in [2.45, 2.75) is 19.4 Å². The van der Waals surface area contributed by atoms with Crippen molar-refractivity contribution in [3.63, 3.8) is 0 Å². The summed E-state index contributed by atoms with van der Waals surface area (Å²) in [5.41, 5.74) is 2.44. The predicted octanol–water partition coefficient (Wildman–Crippen LogP) is 2.60. The molecular weight excluding hydrogens is 367 g/mol. The third-order valence-electron chi connectivity index (χ3n) is 3.16. The van der Waals surface area contributed by atoms with Crippen molar-refractivity contribution >= 4 is 22.6 Å². The Morgan fingerprint density at radius 2 is 1.70 bits per heavy atom. The van der Waals surface area contributed by atoms with Gasteiger partial charge in [-0.05, 0) is 65.3 Å². The average Bonchev–Trinajstić information content (AvgIpc) is 2.41. The zero-order chi connectivity index (χ0) is 14.6. The van der Waals surface area contributed by atoms with Gasteiger partial charge in [0, 0.05) is 28.4 Å². The number of halogens is 1. The van der Waals surface area contributed by atoms with Gasteiger partial charge in [-0.3, -0.25) is 9.97 Å². The molecular formula is C15H17IN2O2. The summed E-state index contributed by atoms with van der Waals surface area (Å²) in [6.45, 7) is 4.79. The number of aromatic nitrogens is 2. The van der Waals surface area contributed by atoms with E-state index in [1.54, 1.807) is 18.6 Å². The monoisotopic (exact) mass is 384 g/mol. The van der Waals surface area contributed by atoms with Gasteiger partial charge >= 0.3 is 0 Å². The Bertz CT molecular complexity index is 565. The van der Waals surface area contributed by atoms with Crippen LogP contribution in [-0.4, -0.2) is 28.3 Å². The predicted molar refractivity (Wildman–Crippen MR) is 85.4 cm³/mol. The Hall–Kier alpha value is -1.05. The van der Waals surface area contributed by atoms with Crippen LogP contribution in [0.4, 0.5) is 0 Å². The van der Waals surface area contributed by atoms with Gasteiger partial charge in [-0.15, -0.1) is 0 Å². The molecule has 0 unspecified atom stereocenters. The first-order valence-corrected chi connectivity index (χ1v) is 7.38. The van der Waals surface area contributed by atoms with Crippen LogP contribution in [0, 0.1) is 17.4 Å². The summed E-state index contributed by atoms with van der Waals surface area (Å²) >= 11 is 2.28. The summed E-state index contributed by atoms with van der Waals surface area (Å²) in [7, 11) is 0. The van der Waals surface area contributed by atoms with Crippen molar-refractivity contribution in [1.82, 2.24) is 9.97 Å². The topological polar surface area (TPSA) is 55.2 Å². The SMILES string of the molecule is Cc1cnccc1C1(O)COC1.Cc1cnccc1I. The van der Waals surface area contributed by atoms with Crippen LogP contribution < -0.4 is 0 Å². The number of ether oxygens (including phenoxy) is 1. The van der Waals surface area contributed by atoms with Gasteiger partial charge in [0.25, 0.3) is 0 Å². The Morgan fingerprint density at radius 1 is 1.10 bits per heavy atom. The van der Waals surface area contributed by atoms with Gasteiger partial charge in [-0.1, -0.05) is 0 Å². The van der Waals surface area contributed by atoms with Crippen molar-refractivity contribution in [1.29, 1.82) is 0 Å². The maximum absolute atomic E-state index is 9.91. The first kappa shape index (κ1) is 15.3. The second kappa shape index (κ2) is 6.60.